The molecule has 3 nitrogen and oxygen atoms in total. The Morgan fingerprint density at radius 2 is 2.33 bits per heavy atom. The van der Waals surface area contributed by atoms with E-state index in [9.17, 15) is 0 Å². The Morgan fingerprint density at radius 1 is 1.50 bits per heavy atom. The van der Waals surface area contributed by atoms with Crippen LogP contribution in [-0.4, -0.2) is 38.5 Å². The summed E-state index contributed by atoms with van der Waals surface area (Å²) in [4.78, 5) is 0. The van der Waals surface area contributed by atoms with Gasteiger partial charge in [0.05, 0.1) is 25.4 Å². The number of rotatable bonds is 3. The molecule has 1 fully saturated rings. The first-order valence-corrected chi connectivity index (χ1v) is 4.73. The molecule has 0 aliphatic carbocycles. The molecule has 1 heterocycles. The van der Waals surface area contributed by atoms with Crippen LogP contribution in [0.2, 0.25) is 0 Å². The summed E-state index contributed by atoms with van der Waals surface area (Å²) in [7, 11) is 0. The normalized spacial score (nSPS) is 25.8. The first-order chi connectivity index (χ1) is 5.79. The van der Waals surface area contributed by atoms with Crippen LogP contribution < -0.4 is 5.32 Å². The first-order valence-electron chi connectivity index (χ1n) is 4.73. The van der Waals surface area contributed by atoms with E-state index in [0.717, 1.165) is 32.7 Å². The van der Waals surface area contributed by atoms with Crippen LogP contribution in [-0.2, 0) is 9.47 Å². The van der Waals surface area contributed by atoms with Crippen LogP contribution in [0.4, 0.5) is 0 Å². The zero-order valence-corrected chi connectivity index (χ0v) is 8.01. The van der Waals surface area contributed by atoms with Gasteiger partial charge in [-0.15, -0.1) is 0 Å². The predicted octanol–water partition coefficient (Wildman–Crippen LogP) is 0.790. The lowest BCUT2D eigenvalue weighted by Crippen LogP contribution is -2.22. The van der Waals surface area contributed by atoms with Gasteiger partial charge < -0.3 is 14.8 Å². The van der Waals surface area contributed by atoms with Gasteiger partial charge in [-0.1, -0.05) is 0 Å². The number of hydrogen-bond donors (Lipinski definition) is 1. The number of ether oxygens (including phenoxy) is 2. The fourth-order valence-corrected chi connectivity index (χ4v) is 1.20. The smallest absolute Gasteiger partial charge is 0.0821 e. The third-order valence-corrected chi connectivity index (χ3v) is 1.89. The molecule has 12 heavy (non-hydrogen) atoms. The van der Waals surface area contributed by atoms with E-state index >= 15 is 0 Å². The van der Waals surface area contributed by atoms with Crippen LogP contribution in [0.15, 0.2) is 0 Å². The van der Waals surface area contributed by atoms with Gasteiger partial charge in [0.2, 0.25) is 0 Å². The maximum Gasteiger partial charge on any atom is 0.0821 e. The van der Waals surface area contributed by atoms with Crippen LogP contribution in [0, 0.1) is 0 Å². The van der Waals surface area contributed by atoms with E-state index < -0.39 is 0 Å². The van der Waals surface area contributed by atoms with Gasteiger partial charge >= 0.3 is 0 Å². The summed E-state index contributed by atoms with van der Waals surface area (Å²) in [6.45, 7) is 7.67. The van der Waals surface area contributed by atoms with E-state index in [2.05, 4.69) is 19.2 Å². The quantitative estimate of drug-likeness (QED) is 0.684. The minimum atomic E-state index is 0.294. The van der Waals surface area contributed by atoms with Crippen molar-refractivity contribution in [1.29, 1.82) is 0 Å². The van der Waals surface area contributed by atoms with Gasteiger partial charge in [-0.25, -0.2) is 0 Å². The second kappa shape index (κ2) is 5.51. The third-order valence-electron chi connectivity index (χ3n) is 1.89. The van der Waals surface area contributed by atoms with Crippen molar-refractivity contribution in [2.45, 2.75) is 32.5 Å². The van der Waals surface area contributed by atoms with Crippen LogP contribution in [0.3, 0.4) is 0 Å². The van der Waals surface area contributed by atoms with Crippen molar-refractivity contribution < 1.29 is 9.47 Å². The molecule has 1 unspecified atom stereocenters. The summed E-state index contributed by atoms with van der Waals surface area (Å²) >= 11 is 0. The van der Waals surface area contributed by atoms with Gasteiger partial charge in [0, 0.05) is 6.54 Å². The average molecular weight is 173 g/mol. The molecule has 1 atom stereocenters. The van der Waals surface area contributed by atoms with Crippen LogP contribution >= 0.6 is 0 Å². The van der Waals surface area contributed by atoms with Crippen LogP contribution in [0.5, 0.6) is 0 Å². The Hall–Kier alpha value is -0.120. The van der Waals surface area contributed by atoms with E-state index in [0.29, 0.717) is 12.2 Å². The highest BCUT2D eigenvalue weighted by Gasteiger charge is 2.12. The molecule has 0 aromatic carbocycles. The summed E-state index contributed by atoms with van der Waals surface area (Å²) < 4.78 is 11.0. The SMILES string of the molecule is CC(C)OCC1CCNCCO1. The molecule has 0 amide bonds. The first kappa shape index (κ1) is 9.96. The average Bonchev–Trinajstić information content (AvgIpc) is 2.28. The van der Waals surface area contributed by atoms with Crippen LogP contribution in [0.25, 0.3) is 0 Å². The molecule has 1 aliphatic rings. The fraction of sp³-hybridized carbons (Fsp3) is 1.00. The lowest BCUT2D eigenvalue weighted by atomic mass is 10.2. The molecule has 0 aromatic rings. The summed E-state index contributed by atoms with van der Waals surface area (Å²) in [5.41, 5.74) is 0. The topological polar surface area (TPSA) is 30.5 Å². The zero-order chi connectivity index (χ0) is 8.81. The van der Waals surface area contributed by atoms with E-state index in [1.165, 1.54) is 0 Å². The molecule has 0 bridgehead atoms. The Morgan fingerprint density at radius 3 is 3.08 bits per heavy atom. The van der Waals surface area contributed by atoms with Gasteiger partial charge in [-0.05, 0) is 26.8 Å². The minimum Gasteiger partial charge on any atom is -0.376 e. The lowest BCUT2D eigenvalue weighted by molar-refractivity contribution is -0.0296. The molecule has 1 N–H and O–H groups in total. The molecule has 0 aromatic heterocycles. The van der Waals surface area contributed by atoms with Crippen molar-refractivity contribution in [3.05, 3.63) is 0 Å². The van der Waals surface area contributed by atoms with Crippen molar-refractivity contribution >= 4 is 0 Å². The third kappa shape index (κ3) is 4.04. The molecule has 0 radical (unpaired) electrons. The van der Waals surface area contributed by atoms with E-state index in [1.54, 1.807) is 0 Å². The van der Waals surface area contributed by atoms with E-state index in [-0.39, 0.29) is 0 Å². The van der Waals surface area contributed by atoms with Crippen molar-refractivity contribution in [1.82, 2.24) is 5.32 Å². The monoisotopic (exact) mass is 173 g/mol. The highest BCUT2D eigenvalue weighted by molar-refractivity contribution is 4.64. The minimum absolute atomic E-state index is 0.294. The molecular formula is C9H19NO2. The maximum absolute atomic E-state index is 5.57. The van der Waals surface area contributed by atoms with E-state index in [1.807, 2.05) is 0 Å². The second-order valence-electron chi connectivity index (χ2n) is 3.41. The van der Waals surface area contributed by atoms with Crippen LogP contribution in [0.1, 0.15) is 20.3 Å². The van der Waals surface area contributed by atoms with Crippen molar-refractivity contribution in [2.75, 3.05) is 26.3 Å². The van der Waals surface area contributed by atoms with Gasteiger partial charge in [0.25, 0.3) is 0 Å². The summed E-state index contributed by atoms with van der Waals surface area (Å²) in [6, 6.07) is 0. The Bertz CT molecular complexity index is 109. The molecule has 1 aliphatic heterocycles. The second-order valence-corrected chi connectivity index (χ2v) is 3.41. The van der Waals surface area contributed by atoms with Gasteiger partial charge in [-0.2, -0.15) is 0 Å². The molecule has 1 rings (SSSR count). The molecule has 1 saturated heterocycles. The molecule has 72 valence electrons. The zero-order valence-electron chi connectivity index (χ0n) is 8.01. The molecule has 3 heteroatoms. The van der Waals surface area contributed by atoms with Crippen molar-refractivity contribution in [2.24, 2.45) is 0 Å². The summed E-state index contributed by atoms with van der Waals surface area (Å²) in [5, 5.41) is 3.28. The lowest BCUT2D eigenvalue weighted by Gasteiger charge is -2.16. The molecule has 0 saturated carbocycles. The number of nitrogens with one attached hydrogen (secondary N) is 1. The summed E-state index contributed by atoms with van der Waals surface area (Å²) in [5.74, 6) is 0. The fourth-order valence-electron chi connectivity index (χ4n) is 1.20. The van der Waals surface area contributed by atoms with Gasteiger partial charge in [0.15, 0.2) is 0 Å². The predicted molar refractivity (Wildman–Crippen MR) is 48.3 cm³/mol. The van der Waals surface area contributed by atoms with Gasteiger partial charge in [-0.3, -0.25) is 0 Å². The van der Waals surface area contributed by atoms with Gasteiger partial charge in [0.1, 0.15) is 0 Å². The molecular weight excluding hydrogens is 154 g/mol. The Labute approximate surface area is 74.4 Å². The maximum atomic E-state index is 5.57. The van der Waals surface area contributed by atoms with Crippen molar-refractivity contribution in [3.8, 4) is 0 Å². The summed E-state index contributed by atoms with van der Waals surface area (Å²) in [6.07, 6.45) is 1.67. The van der Waals surface area contributed by atoms with E-state index in [4.69, 9.17) is 9.47 Å². The Kier molecular flexibility index (Phi) is 4.58. The standard InChI is InChI=1S/C9H19NO2/c1-8(2)12-7-9-3-4-10-5-6-11-9/h8-10H,3-7H2,1-2H3. The highest BCUT2D eigenvalue weighted by atomic mass is 16.5. The number of hydrogen-bond acceptors (Lipinski definition) is 3. The molecule has 0 spiro atoms. The van der Waals surface area contributed by atoms with Crippen molar-refractivity contribution in [3.63, 3.8) is 0 Å². The highest BCUT2D eigenvalue weighted by Crippen LogP contribution is 2.03. The Balaban J connectivity index is 2.12. The largest absolute Gasteiger partial charge is 0.376 e.